The quantitative estimate of drug-likeness (QED) is 0.273. The first kappa shape index (κ1) is 25.1. The Kier molecular flexibility index (Phi) is 11.8. The van der Waals surface area contributed by atoms with Crippen molar-refractivity contribution in [2.24, 2.45) is 0 Å². The summed E-state index contributed by atoms with van der Waals surface area (Å²) in [5, 5.41) is 2.74. The number of esters is 3. The Balaban J connectivity index is 2.65. The van der Waals surface area contributed by atoms with Crippen molar-refractivity contribution in [1.29, 1.82) is 0 Å². The van der Waals surface area contributed by atoms with E-state index in [0.717, 1.165) is 0 Å². The van der Waals surface area contributed by atoms with Gasteiger partial charge < -0.3 is 19.5 Å². The van der Waals surface area contributed by atoms with Crippen molar-refractivity contribution in [3.05, 3.63) is 18.7 Å². The molecule has 0 unspecified atom stereocenters. The van der Waals surface area contributed by atoms with Crippen LogP contribution in [0.1, 0.15) is 33.1 Å². The fourth-order valence-corrected chi connectivity index (χ4v) is 2.74. The number of aromatic nitrogens is 2. The summed E-state index contributed by atoms with van der Waals surface area (Å²) in [6.45, 7) is 3.61. The number of unbranched alkanes of at least 4 members (excludes halogenated alkanes) is 1. The zero-order valence-corrected chi connectivity index (χ0v) is 17.7. The highest BCUT2D eigenvalue weighted by Crippen LogP contribution is 2.12. The summed E-state index contributed by atoms with van der Waals surface area (Å²) in [6, 6.07) is -1.13. The Morgan fingerprint density at radius 3 is 2.20 bits per heavy atom. The van der Waals surface area contributed by atoms with Gasteiger partial charge in [0.25, 0.3) is 0 Å². The second-order valence-corrected chi connectivity index (χ2v) is 6.25. The van der Waals surface area contributed by atoms with Gasteiger partial charge in [0, 0.05) is 18.9 Å². The van der Waals surface area contributed by atoms with E-state index in [9.17, 15) is 19.2 Å². The monoisotopic (exact) mass is 426 g/mol. The van der Waals surface area contributed by atoms with Crippen LogP contribution in [0, 0.1) is 0 Å². The van der Waals surface area contributed by atoms with Gasteiger partial charge in [-0.15, -0.1) is 0 Å². The highest BCUT2D eigenvalue weighted by atomic mass is 16.5. The summed E-state index contributed by atoms with van der Waals surface area (Å²) in [5.41, 5.74) is 0. The smallest absolute Gasteiger partial charge is 0.326 e. The van der Waals surface area contributed by atoms with E-state index in [1.165, 1.54) is 35.3 Å². The highest BCUT2D eigenvalue weighted by molar-refractivity contribution is 5.80. The average Bonchev–Trinajstić information content (AvgIpc) is 3.25. The van der Waals surface area contributed by atoms with Crippen LogP contribution in [-0.4, -0.2) is 84.4 Å². The third kappa shape index (κ3) is 9.03. The lowest BCUT2D eigenvalue weighted by Crippen LogP contribution is -2.47. The Labute approximate surface area is 175 Å². The molecule has 168 valence electrons. The molecular weight excluding hydrogens is 396 g/mol. The van der Waals surface area contributed by atoms with Crippen LogP contribution in [0.3, 0.4) is 0 Å². The molecule has 1 rings (SSSR count). The topological polar surface area (TPSA) is 129 Å². The molecule has 0 aliphatic heterocycles. The van der Waals surface area contributed by atoms with Crippen LogP contribution < -0.4 is 5.32 Å². The lowest BCUT2D eigenvalue weighted by Gasteiger charge is -2.28. The molecular formula is C19H30N4O7. The molecule has 1 amide bonds. The second kappa shape index (κ2) is 14.1. The SMILES string of the molecule is CCOC(=O)CN(CC(=O)OCC)[C@@H](CCCCNC(=O)n1ccnc1)C(=O)OC. The maximum Gasteiger partial charge on any atom is 0.326 e. The number of amides is 1. The van der Waals surface area contributed by atoms with Crippen molar-refractivity contribution in [3.63, 3.8) is 0 Å². The number of rotatable bonds is 13. The maximum atomic E-state index is 12.3. The molecule has 11 nitrogen and oxygen atoms in total. The number of nitrogens with one attached hydrogen (secondary N) is 1. The zero-order valence-electron chi connectivity index (χ0n) is 17.7. The van der Waals surface area contributed by atoms with Crippen LogP contribution in [0.25, 0.3) is 0 Å². The van der Waals surface area contributed by atoms with E-state index in [1.54, 1.807) is 13.8 Å². The number of hydrogen-bond acceptors (Lipinski definition) is 9. The number of carbonyl (C=O) groups excluding carboxylic acids is 4. The molecule has 0 spiro atoms. The minimum absolute atomic E-state index is 0.186. The Morgan fingerprint density at radius 1 is 1.07 bits per heavy atom. The molecule has 1 aromatic rings. The first-order valence-electron chi connectivity index (χ1n) is 9.82. The van der Waals surface area contributed by atoms with Gasteiger partial charge >= 0.3 is 23.9 Å². The van der Waals surface area contributed by atoms with Crippen LogP contribution in [0.4, 0.5) is 4.79 Å². The molecule has 0 saturated carbocycles. The summed E-state index contributed by atoms with van der Waals surface area (Å²) in [7, 11) is 1.24. The predicted octanol–water partition coefficient (Wildman–Crippen LogP) is 0.581. The summed E-state index contributed by atoms with van der Waals surface area (Å²) in [4.78, 5) is 53.3. The van der Waals surface area contributed by atoms with Crippen LogP contribution in [0.2, 0.25) is 0 Å². The molecule has 1 N–H and O–H groups in total. The van der Waals surface area contributed by atoms with Crippen molar-refractivity contribution >= 4 is 23.9 Å². The van der Waals surface area contributed by atoms with Crippen LogP contribution >= 0.6 is 0 Å². The first-order valence-corrected chi connectivity index (χ1v) is 9.82. The largest absolute Gasteiger partial charge is 0.468 e. The van der Waals surface area contributed by atoms with Crippen LogP contribution in [0.15, 0.2) is 18.7 Å². The lowest BCUT2D eigenvalue weighted by molar-refractivity contribution is -0.154. The molecule has 0 bridgehead atoms. The van der Waals surface area contributed by atoms with Crippen molar-refractivity contribution in [2.45, 2.75) is 39.2 Å². The first-order chi connectivity index (χ1) is 14.4. The number of hydrogen-bond donors (Lipinski definition) is 1. The fourth-order valence-electron chi connectivity index (χ4n) is 2.74. The second-order valence-electron chi connectivity index (χ2n) is 6.25. The summed E-state index contributed by atoms with van der Waals surface area (Å²) in [5.74, 6) is -1.67. The van der Waals surface area contributed by atoms with Gasteiger partial charge in [0.1, 0.15) is 12.4 Å². The maximum absolute atomic E-state index is 12.3. The van der Waals surface area contributed by atoms with Gasteiger partial charge in [-0.25, -0.2) is 9.78 Å². The fraction of sp³-hybridized carbons (Fsp3) is 0.632. The Morgan fingerprint density at radius 2 is 1.70 bits per heavy atom. The number of ether oxygens (including phenoxy) is 3. The van der Waals surface area contributed by atoms with Crippen LogP contribution in [0.5, 0.6) is 0 Å². The molecule has 0 radical (unpaired) electrons. The highest BCUT2D eigenvalue weighted by Gasteiger charge is 2.30. The van der Waals surface area contributed by atoms with Gasteiger partial charge in [0.2, 0.25) is 0 Å². The molecule has 11 heteroatoms. The van der Waals surface area contributed by atoms with Gasteiger partial charge in [-0.2, -0.15) is 0 Å². The van der Waals surface area contributed by atoms with E-state index in [1.807, 2.05) is 0 Å². The molecule has 0 aliphatic rings. The van der Waals surface area contributed by atoms with Crippen molar-refractivity contribution < 1.29 is 33.4 Å². The van der Waals surface area contributed by atoms with E-state index in [2.05, 4.69) is 10.3 Å². The van der Waals surface area contributed by atoms with E-state index in [0.29, 0.717) is 25.8 Å². The molecule has 1 atom stereocenters. The summed E-state index contributed by atoms with van der Waals surface area (Å²) in [6.07, 6.45) is 5.89. The zero-order chi connectivity index (χ0) is 22.4. The molecule has 0 fully saturated rings. The van der Waals surface area contributed by atoms with Gasteiger partial charge in [-0.3, -0.25) is 23.9 Å². The number of methoxy groups -OCH3 is 1. The van der Waals surface area contributed by atoms with Gasteiger partial charge in [0.05, 0.1) is 33.4 Å². The molecule has 0 aromatic carbocycles. The number of imidazole rings is 1. The minimum Gasteiger partial charge on any atom is -0.468 e. The Bertz CT molecular complexity index is 658. The van der Waals surface area contributed by atoms with Crippen molar-refractivity contribution in [3.8, 4) is 0 Å². The van der Waals surface area contributed by atoms with E-state index < -0.39 is 23.9 Å². The van der Waals surface area contributed by atoms with Crippen molar-refractivity contribution in [1.82, 2.24) is 19.8 Å². The number of carbonyl (C=O) groups is 4. The van der Waals surface area contributed by atoms with Crippen molar-refractivity contribution in [2.75, 3.05) is 40.0 Å². The van der Waals surface area contributed by atoms with Crippen LogP contribution in [-0.2, 0) is 28.6 Å². The van der Waals surface area contributed by atoms with Gasteiger partial charge in [-0.05, 0) is 33.1 Å². The standard InChI is InChI=1S/C19H30N4O7/c1-4-29-16(24)12-23(13-17(25)30-5-2)15(18(26)28-3)8-6-7-9-21-19(27)22-11-10-20-14-22/h10-11,14-15H,4-9,12-13H2,1-3H3,(H,21,27)/t15-/m0/s1. The molecule has 1 heterocycles. The molecule has 30 heavy (non-hydrogen) atoms. The number of nitrogens with zero attached hydrogens (tertiary/aromatic N) is 3. The van der Waals surface area contributed by atoms with E-state index in [-0.39, 0.29) is 32.3 Å². The molecule has 0 saturated heterocycles. The van der Waals surface area contributed by atoms with Gasteiger partial charge in [0.15, 0.2) is 0 Å². The summed E-state index contributed by atoms with van der Waals surface area (Å²) >= 11 is 0. The third-order valence-corrected chi connectivity index (χ3v) is 4.11. The predicted molar refractivity (Wildman–Crippen MR) is 106 cm³/mol. The normalized spacial score (nSPS) is 11.6. The minimum atomic E-state index is -0.826. The van der Waals surface area contributed by atoms with Gasteiger partial charge in [-0.1, -0.05) is 0 Å². The van der Waals surface area contributed by atoms with E-state index >= 15 is 0 Å². The summed E-state index contributed by atoms with van der Waals surface area (Å²) < 4.78 is 16.1. The molecule has 1 aromatic heterocycles. The van der Waals surface area contributed by atoms with E-state index in [4.69, 9.17) is 14.2 Å². The third-order valence-electron chi connectivity index (χ3n) is 4.11. The Hall–Kier alpha value is -2.95. The average molecular weight is 426 g/mol. The molecule has 0 aliphatic carbocycles. The lowest BCUT2D eigenvalue weighted by atomic mass is 10.1.